The predicted molar refractivity (Wildman–Crippen MR) is 73.9 cm³/mol. The molecule has 5 heteroatoms. The van der Waals surface area contributed by atoms with E-state index in [1.807, 2.05) is 0 Å². The van der Waals surface area contributed by atoms with Crippen molar-refractivity contribution in [3.05, 3.63) is 33.7 Å². The fourth-order valence-corrected chi connectivity index (χ4v) is 3.40. The van der Waals surface area contributed by atoms with Crippen molar-refractivity contribution in [3.63, 3.8) is 0 Å². The van der Waals surface area contributed by atoms with Gasteiger partial charge in [0.25, 0.3) is 0 Å². The number of para-hydroxylation sites is 1. The molecule has 0 aliphatic carbocycles. The number of fused-ring (bicyclic) bond motifs is 1. The SMILES string of the molecule is CC1Cc2ccccc2N(c2nnc(Br)s2)C1. The molecule has 88 valence electrons. The number of anilines is 2. The first-order chi connectivity index (χ1) is 8.24. The summed E-state index contributed by atoms with van der Waals surface area (Å²) in [5.74, 6) is 0.646. The molecule has 1 aliphatic heterocycles. The van der Waals surface area contributed by atoms with Gasteiger partial charge in [-0.25, -0.2) is 0 Å². The number of hydrogen-bond acceptors (Lipinski definition) is 4. The Balaban J connectivity index is 2.06. The molecule has 2 heterocycles. The summed E-state index contributed by atoms with van der Waals surface area (Å²) in [6.45, 7) is 3.29. The molecule has 0 bridgehead atoms. The third kappa shape index (κ3) is 2.09. The minimum atomic E-state index is 0.646. The monoisotopic (exact) mass is 309 g/mol. The first kappa shape index (κ1) is 11.2. The maximum absolute atomic E-state index is 4.22. The molecule has 1 aliphatic rings. The Morgan fingerprint density at radius 1 is 1.35 bits per heavy atom. The maximum atomic E-state index is 4.22. The maximum Gasteiger partial charge on any atom is 0.213 e. The van der Waals surface area contributed by atoms with E-state index in [1.54, 1.807) is 11.3 Å². The molecule has 1 aromatic carbocycles. The summed E-state index contributed by atoms with van der Waals surface area (Å²) < 4.78 is 0.836. The zero-order chi connectivity index (χ0) is 11.8. The van der Waals surface area contributed by atoms with Gasteiger partial charge >= 0.3 is 0 Å². The fraction of sp³-hybridized carbons (Fsp3) is 0.333. The molecule has 1 atom stereocenters. The number of benzene rings is 1. The molecule has 0 fully saturated rings. The van der Waals surface area contributed by atoms with Crippen molar-refractivity contribution in [1.82, 2.24) is 10.2 Å². The Hall–Kier alpha value is -0.940. The first-order valence-corrected chi connectivity index (χ1v) is 7.19. The van der Waals surface area contributed by atoms with Gasteiger partial charge in [0.2, 0.25) is 5.13 Å². The van der Waals surface area contributed by atoms with Crippen molar-refractivity contribution in [2.24, 2.45) is 5.92 Å². The Labute approximate surface area is 113 Å². The lowest BCUT2D eigenvalue weighted by atomic mass is 9.94. The van der Waals surface area contributed by atoms with Crippen LogP contribution in [0.3, 0.4) is 0 Å². The van der Waals surface area contributed by atoms with Gasteiger partial charge in [-0.2, -0.15) is 0 Å². The molecule has 3 nitrogen and oxygen atoms in total. The lowest BCUT2D eigenvalue weighted by Crippen LogP contribution is -2.30. The van der Waals surface area contributed by atoms with Crippen LogP contribution in [-0.4, -0.2) is 16.7 Å². The van der Waals surface area contributed by atoms with E-state index in [2.05, 4.69) is 62.2 Å². The molecule has 0 saturated carbocycles. The molecule has 0 saturated heterocycles. The fourth-order valence-electron chi connectivity index (χ4n) is 2.29. The summed E-state index contributed by atoms with van der Waals surface area (Å²) in [6, 6.07) is 8.55. The highest BCUT2D eigenvalue weighted by molar-refractivity contribution is 9.11. The molecule has 2 aromatic rings. The molecule has 1 aromatic heterocycles. The second-order valence-corrected chi connectivity index (χ2v) is 6.62. The summed E-state index contributed by atoms with van der Waals surface area (Å²) in [5.41, 5.74) is 2.67. The van der Waals surface area contributed by atoms with E-state index in [9.17, 15) is 0 Å². The smallest absolute Gasteiger partial charge is 0.213 e. The van der Waals surface area contributed by atoms with Crippen molar-refractivity contribution in [2.75, 3.05) is 11.4 Å². The molecule has 0 amide bonds. The summed E-state index contributed by atoms with van der Waals surface area (Å²) in [6.07, 6.45) is 1.15. The van der Waals surface area contributed by atoms with Gasteiger partial charge in [-0.15, -0.1) is 10.2 Å². The lowest BCUT2D eigenvalue weighted by Gasteiger charge is -2.32. The average Bonchev–Trinajstić information content (AvgIpc) is 2.74. The van der Waals surface area contributed by atoms with Crippen LogP contribution in [-0.2, 0) is 6.42 Å². The summed E-state index contributed by atoms with van der Waals surface area (Å²) in [4.78, 5) is 2.27. The number of rotatable bonds is 1. The third-order valence-corrected chi connectivity index (χ3v) is 4.34. The second-order valence-electron chi connectivity index (χ2n) is 4.39. The average molecular weight is 310 g/mol. The van der Waals surface area contributed by atoms with Crippen LogP contribution in [0.5, 0.6) is 0 Å². The Morgan fingerprint density at radius 2 is 2.18 bits per heavy atom. The van der Waals surface area contributed by atoms with Crippen molar-refractivity contribution in [3.8, 4) is 0 Å². The second kappa shape index (κ2) is 4.38. The van der Waals surface area contributed by atoms with Gasteiger partial charge in [0, 0.05) is 12.2 Å². The van der Waals surface area contributed by atoms with Gasteiger partial charge in [-0.05, 0) is 39.9 Å². The lowest BCUT2D eigenvalue weighted by molar-refractivity contribution is 0.561. The largest absolute Gasteiger partial charge is 0.316 e. The van der Waals surface area contributed by atoms with Crippen LogP contribution in [0.1, 0.15) is 12.5 Å². The molecule has 17 heavy (non-hydrogen) atoms. The van der Waals surface area contributed by atoms with Crippen LogP contribution in [0.25, 0.3) is 0 Å². The van der Waals surface area contributed by atoms with Crippen molar-refractivity contribution >= 4 is 38.1 Å². The summed E-state index contributed by atoms with van der Waals surface area (Å²) in [5, 5.41) is 9.22. The number of hydrogen-bond donors (Lipinski definition) is 0. The summed E-state index contributed by atoms with van der Waals surface area (Å²) in [7, 11) is 0. The quantitative estimate of drug-likeness (QED) is 0.805. The first-order valence-electron chi connectivity index (χ1n) is 5.58. The topological polar surface area (TPSA) is 29.0 Å². The highest BCUT2D eigenvalue weighted by Gasteiger charge is 2.24. The minimum Gasteiger partial charge on any atom is -0.316 e. The van der Waals surface area contributed by atoms with E-state index in [4.69, 9.17) is 0 Å². The van der Waals surface area contributed by atoms with Gasteiger partial charge in [-0.3, -0.25) is 0 Å². The molecule has 0 N–H and O–H groups in total. The van der Waals surface area contributed by atoms with Gasteiger partial charge in [0.05, 0.1) is 0 Å². The highest BCUT2D eigenvalue weighted by Crippen LogP contribution is 2.37. The van der Waals surface area contributed by atoms with Crippen LogP contribution in [0, 0.1) is 5.92 Å². The van der Waals surface area contributed by atoms with Crippen molar-refractivity contribution < 1.29 is 0 Å². The number of nitrogens with zero attached hydrogens (tertiary/aromatic N) is 3. The van der Waals surface area contributed by atoms with Crippen LogP contribution >= 0.6 is 27.3 Å². The van der Waals surface area contributed by atoms with E-state index >= 15 is 0 Å². The number of halogens is 1. The third-order valence-electron chi connectivity index (χ3n) is 2.97. The van der Waals surface area contributed by atoms with Crippen molar-refractivity contribution in [1.29, 1.82) is 0 Å². The normalized spacial score (nSPS) is 19.2. The standard InChI is InChI=1S/C12H12BrN3S/c1-8-6-9-4-2-3-5-10(9)16(7-8)12-15-14-11(13)17-12/h2-5,8H,6-7H2,1H3. The van der Waals surface area contributed by atoms with E-state index < -0.39 is 0 Å². The molecule has 1 unspecified atom stereocenters. The van der Waals surface area contributed by atoms with Gasteiger partial charge < -0.3 is 4.90 Å². The highest BCUT2D eigenvalue weighted by atomic mass is 79.9. The molecule has 0 radical (unpaired) electrons. The van der Waals surface area contributed by atoms with Gasteiger partial charge in [0.15, 0.2) is 3.92 Å². The minimum absolute atomic E-state index is 0.646. The van der Waals surface area contributed by atoms with Gasteiger partial charge in [-0.1, -0.05) is 36.5 Å². The van der Waals surface area contributed by atoms with Crippen LogP contribution in [0.2, 0.25) is 0 Å². The Bertz CT molecular complexity index is 540. The zero-order valence-electron chi connectivity index (χ0n) is 9.43. The Morgan fingerprint density at radius 3 is 2.94 bits per heavy atom. The zero-order valence-corrected chi connectivity index (χ0v) is 11.8. The van der Waals surface area contributed by atoms with E-state index in [-0.39, 0.29) is 0 Å². The van der Waals surface area contributed by atoms with Crippen LogP contribution in [0.15, 0.2) is 28.2 Å². The summed E-state index contributed by atoms with van der Waals surface area (Å²) >= 11 is 4.95. The van der Waals surface area contributed by atoms with Crippen LogP contribution in [0.4, 0.5) is 10.8 Å². The molecular formula is C12H12BrN3S. The Kier molecular flexibility index (Phi) is 2.88. The molecular weight excluding hydrogens is 298 g/mol. The van der Waals surface area contributed by atoms with E-state index in [1.165, 1.54) is 11.3 Å². The van der Waals surface area contributed by atoms with Gasteiger partial charge in [0.1, 0.15) is 0 Å². The predicted octanol–water partition coefficient (Wildman–Crippen LogP) is 3.63. The van der Waals surface area contributed by atoms with E-state index in [0.717, 1.165) is 22.0 Å². The van der Waals surface area contributed by atoms with E-state index in [0.29, 0.717) is 5.92 Å². The van der Waals surface area contributed by atoms with Crippen LogP contribution < -0.4 is 4.90 Å². The van der Waals surface area contributed by atoms with Crippen molar-refractivity contribution in [2.45, 2.75) is 13.3 Å². The molecule has 0 spiro atoms. The molecule has 3 rings (SSSR count). The number of aromatic nitrogens is 2.